The molecule has 2 aromatic carbocycles. The van der Waals surface area contributed by atoms with E-state index < -0.39 is 0 Å². The predicted molar refractivity (Wildman–Crippen MR) is 98.5 cm³/mol. The Hall–Kier alpha value is -2.27. The molecule has 1 N–H and O–H groups in total. The Bertz CT molecular complexity index is 854. The molecule has 0 radical (unpaired) electrons. The molecule has 0 fully saturated rings. The number of aryl methyl sites for hydroxylation is 1. The van der Waals surface area contributed by atoms with E-state index in [1.54, 1.807) is 16.3 Å². The first-order chi connectivity index (χ1) is 11.7. The molecule has 0 saturated carbocycles. The van der Waals surface area contributed by atoms with Crippen LogP contribution in [0.5, 0.6) is 0 Å². The minimum atomic E-state index is -0.169. The van der Waals surface area contributed by atoms with E-state index in [9.17, 15) is 4.79 Å². The third kappa shape index (κ3) is 3.46. The van der Waals surface area contributed by atoms with Crippen molar-refractivity contribution in [3.63, 3.8) is 0 Å². The molecule has 0 bridgehead atoms. The van der Waals surface area contributed by atoms with E-state index in [-0.39, 0.29) is 11.7 Å². The van der Waals surface area contributed by atoms with E-state index in [0.29, 0.717) is 0 Å². The van der Waals surface area contributed by atoms with Crippen LogP contribution in [0.25, 0.3) is 0 Å². The van der Waals surface area contributed by atoms with Crippen molar-refractivity contribution in [2.45, 2.75) is 37.2 Å². The van der Waals surface area contributed by atoms with Gasteiger partial charge < -0.3 is 0 Å². The number of nitrogens with zero attached hydrogens (tertiary/aromatic N) is 2. The average Bonchev–Trinajstić information content (AvgIpc) is 3.00. The SMILES string of the molecule is CCc1ccccc1CSc1n[nH]c(=O)n1C(C)c1ccccc1. The highest BCUT2D eigenvalue weighted by Crippen LogP contribution is 2.26. The maximum atomic E-state index is 12.2. The highest BCUT2D eigenvalue weighted by molar-refractivity contribution is 7.98. The zero-order valence-corrected chi connectivity index (χ0v) is 14.7. The number of H-pyrrole nitrogens is 1. The number of hydrogen-bond acceptors (Lipinski definition) is 3. The summed E-state index contributed by atoms with van der Waals surface area (Å²) < 4.78 is 1.73. The molecule has 1 aromatic heterocycles. The summed E-state index contributed by atoms with van der Waals surface area (Å²) in [6, 6.07) is 18.4. The van der Waals surface area contributed by atoms with Crippen LogP contribution in [0.15, 0.2) is 64.5 Å². The Kier molecular flexibility index (Phi) is 5.20. The maximum Gasteiger partial charge on any atom is 0.344 e. The molecule has 0 aliphatic carbocycles. The van der Waals surface area contributed by atoms with Gasteiger partial charge >= 0.3 is 5.69 Å². The summed E-state index contributed by atoms with van der Waals surface area (Å²) in [5.74, 6) is 0.801. The number of aromatic amines is 1. The van der Waals surface area contributed by atoms with Gasteiger partial charge in [0.2, 0.25) is 0 Å². The summed E-state index contributed by atoms with van der Waals surface area (Å²) >= 11 is 1.59. The molecule has 1 heterocycles. The highest BCUT2D eigenvalue weighted by atomic mass is 32.2. The van der Waals surface area contributed by atoms with Gasteiger partial charge in [0.25, 0.3) is 0 Å². The van der Waals surface area contributed by atoms with Crippen molar-refractivity contribution in [3.05, 3.63) is 81.8 Å². The van der Waals surface area contributed by atoms with Crippen molar-refractivity contribution in [2.75, 3.05) is 0 Å². The van der Waals surface area contributed by atoms with Gasteiger partial charge in [0.15, 0.2) is 5.16 Å². The molecule has 3 aromatic rings. The molecular formula is C19H21N3OS. The van der Waals surface area contributed by atoms with Gasteiger partial charge in [-0.05, 0) is 30.0 Å². The molecule has 3 rings (SSSR count). The lowest BCUT2D eigenvalue weighted by atomic mass is 10.1. The lowest BCUT2D eigenvalue weighted by molar-refractivity contribution is 0.566. The fourth-order valence-corrected chi connectivity index (χ4v) is 3.86. The molecular weight excluding hydrogens is 318 g/mol. The van der Waals surface area contributed by atoms with Crippen LogP contribution in [0.3, 0.4) is 0 Å². The van der Waals surface area contributed by atoms with Gasteiger partial charge in [-0.3, -0.25) is 4.57 Å². The van der Waals surface area contributed by atoms with Crippen molar-refractivity contribution in [1.29, 1.82) is 0 Å². The summed E-state index contributed by atoms with van der Waals surface area (Å²) in [5.41, 5.74) is 3.55. The Labute approximate surface area is 145 Å². The van der Waals surface area contributed by atoms with Crippen LogP contribution < -0.4 is 5.69 Å². The Balaban J connectivity index is 1.84. The summed E-state index contributed by atoms with van der Waals surface area (Å²) in [5, 5.41) is 7.53. The molecule has 0 aliphatic rings. The van der Waals surface area contributed by atoms with Crippen LogP contribution in [-0.4, -0.2) is 14.8 Å². The minimum Gasteiger partial charge on any atom is -0.263 e. The van der Waals surface area contributed by atoms with Crippen LogP contribution in [0, 0.1) is 0 Å². The van der Waals surface area contributed by atoms with E-state index in [2.05, 4.69) is 41.4 Å². The molecule has 1 unspecified atom stereocenters. The topological polar surface area (TPSA) is 50.7 Å². The number of hydrogen-bond donors (Lipinski definition) is 1. The van der Waals surface area contributed by atoms with Crippen molar-refractivity contribution < 1.29 is 0 Å². The second-order valence-corrected chi connectivity index (χ2v) is 6.62. The van der Waals surface area contributed by atoms with Gasteiger partial charge in [-0.2, -0.15) is 0 Å². The predicted octanol–water partition coefficient (Wildman–Crippen LogP) is 4.04. The van der Waals surface area contributed by atoms with Gasteiger partial charge in [0.05, 0.1) is 6.04 Å². The Morgan fingerprint density at radius 1 is 1.08 bits per heavy atom. The second kappa shape index (κ2) is 7.53. The molecule has 0 spiro atoms. The van der Waals surface area contributed by atoms with E-state index in [1.807, 2.05) is 37.3 Å². The summed E-state index contributed by atoms with van der Waals surface area (Å²) in [4.78, 5) is 12.2. The van der Waals surface area contributed by atoms with Crippen LogP contribution >= 0.6 is 11.8 Å². The number of aromatic nitrogens is 3. The van der Waals surface area contributed by atoms with Crippen LogP contribution in [-0.2, 0) is 12.2 Å². The van der Waals surface area contributed by atoms with Gasteiger partial charge in [0.1, 0.15) is 0 Å². The van der Waals surface area contributed by atoms with E-state index in [1.165, 1.54) is 11.1 Å². The molecule has 1 atom stereocenters. The van der Waals surface area contributed by atoms with Gasteiger partial charge in [-0.15, -0.1) is 5.10 Å². The Morgan fingerprint density at radius 2 is 1.75 bits per heavy atom. The maximum absolute atomic E-state index is 12.2. The average molecular weight is 339 g/mol. The number of benzene rings is 2. The normalized spacial score (nSPS) is 12.2. The molecule has 4 nitrogen and oxygen atoms in total. The first-order valence-electron chi connectivity index (χ1n) is 8.12. The lowest BCUT2D eigenvalue weighted by Gasteiger charge is -2.15. The number of nitrogens with one attached hydrogen (secondary N) is 1. The van der Waals surface area contributed by atoms with Gasteiger partial charge in [0, 0.05) is 5.75 Å². The van der Waals surface area contributed by atoms with E-state index >= 15 is 0 Å². The van der Waals surface area contributed by atoms with E-state index in [4.69, 9.17) is 0 Å². The largest absolute Gasteiger partial charge is 0.344 e. The molecule has 0 saturated heterocycles. The fourth-order valence-electron chi connectivity index (χ4n) is 2.80. The van der Waals surface area contributed by atoms with E-state index in [0.717, 1.165) is 22.9 Å². The van der Waals surface area contributed by atoms with Crippen LogP contribution in [0.2, 0.25) is 0 Å². The fraction of sp³-hybridized carbons (Fsp3) is 0.263. The zero-order valence-electron chi connectivity index (χ0n) is 13.9. The smallest absolute Gasteiger partial charge is 0.263 e. The van der Waals surface area contributed by atoms with Crippen molar-refractivity contribution >= 4 is 11.8 Å². The van der Waals surface area contributed by atoms with Crippen molar-refractivity contribution in [1.82, 2.24) is 14.8 Å². The lowest BCUT2D eigenvalue weighted by Crippen LogP contribution is -2.22. The third-order valence-corrected chi connectivity index (χ3v) is 5.20. The van der Waals surface area contributed by atoms with Gasteiger partial charge in [-0.1, -0.05) is 73.3 Å². The standard InChI is InChI=1S/C19H21N3OS/c1-3-15-9-7-8-12-17(15)13-24-19-21-20-18(23)22(19)14(2)16-10-5-4-6-11-16/h4-12,14H,3,13H2,1-2H3,(H,20,23). The number of thioether (sulfide) groups is 1. The Morgan fingerprint density at radius 3 is 2.46 bits per heavy atom. The van der Waals surface area contributed by atoms with Gasteiger partial charge in [-0.25, -0.2) is 9.89 Å². The molecule has 5 heteroatoms. The number of rotatable bonds is 6. The molecule has 24 heavy (non-hydrogen) atoms. The van der Waals surface area contributed by atoms with Crippen LogP contribution in [0.4, 0.5) is 0 Å². The molecule has 0 aliphatic heterocycles. The molecule has 124 valence electrons. The van der Waals surface area contributed by atoms with Crippen LogP contribution in [0.1, 0.15) is 36.6 Å². The first kappa shape index (κ1) is 16.6. The summed E-state index contributed by atoms with van der Waals surface area (Å²) in [7, 11) is 0. The summed E-state index contributed by atoms with van der Waals surface area (Å²) in [6.07, 6.45) is 1.00. The molecule has 0 amide bonds. The monoisotopic (exact) mass is 339 g/mol. The first-order valence-corrected chi connectivity index (χ1v) is 9.10. The summed E-state index contributed by atoms with van der Waals surface area (Å²) in [6.45, 7) is 4.18. The quantitative estimate of drug-likeness (QED) is 0.690. The zero-order chi connectivity index (χ0) is 16.9. The third-order valence-electron chi connectivity index (χ3n) is 4.20. The second-order valence-electron chi connectivity index (χ2n) is 5.68. The van der Waals surface area contributed by atoms with Crippen molar-refractivity contribution in [2.24, 2.45) is 0 Å². The van der Waals surface area contributed by atoms with Crippen molar-refractivity contribution in [3.8, 4) is 0 Å². The highest BCUT2D eigenvalue weighted by Gasteiger charge is 2.17. The minimum absolute atomic E-state index is 0.0543.